The maximum absolute atomic E-state index is 12.7. The second-order valence-corrected chi connectivity index (χ2v) is 10.2. The van der Waals surface area contributed by atoms with Gasteiger partial charge in [0.05, 0.1) is 16.1 Å². The number of sulfonamides is 1. The maximum atomic E-state index is 12.7. The number of furan rings is 1. The largest absolute Gasteiger partial charge is 0.460 e. The van der Waals surface area contributed by atoms with Crippen molar-refractivity contribution in [2.45, 2.75) is 38.5 Å². The summed E-state index contributed by atoms with van der Waals surface area (Å²) in [6.07, 6.45) is 1.11. The van der Waals surface area contributed by atoms with Crippen molar-refractivity contribution in [1.82, 2.24) is 0 Å². The zero-order valence-electron chi connectivity index (χ0n) is 15.8. The Hall–Kier alpha value is -2.31. The minimum absolute atomic E-state index is 0.0281. The van der Waals surface area contributed by atoms with Gasteiger partial charge in [-0.3, -0.25) is 9.52 Å². The number of carbonyl (C=O) groups excluding carboxylic acids is 1. The van der Waals surface area contributed by atoms with Crippen molar-refractivity contribution in [2.24, 2.45) is 5.41 Å². The van der Waals surface area contributed by atoms with Crippen LogP contribution in [0.4, 0.5) is 5.69 Å². The molecule has 0 saturated carbocycles. The number of hydrogen-bond acceptors (Lipinski definition) is 4. The molecule has 0 atom stereocenters. The van der Waals surface area contributed by atoms with Gasteiger partial charge in [0.25, 0.3) is 10.0 Å². The Bertz CT molecular complexity index is 1210. The molecule has 0 radical (unpaired) electrons. The van der Waals surface area contributed by atoms with Gasteiger partial charge >= 0.3 is 0 Å². The van der Waals surface area contributed by atoms with E-state index in [0.717, 1.165) is 0 Å². The molecule has 7 heteroatoms. The third-order valence-corrected chi connectivity index (χ3v) is 6.67. The predicted molar refractivity (Wildman–Crippen MR) is 110 cm³/mol. The lowest BCUT2D eigenvalue weighted by molar-refractivity contribution is 0.0906. The molecule has 0 fully saturated rings. The van der Waals surface area contributed by atoms with Crippen LogP contribution < -0.4 is 4.72 Å². The van der Waals surface area contributed by atoms with E-state index in [1.165, 1.54) is 24.3 Å². The normalized spacial score (nSPS) is 16.2. The van der Waals surface area contributed by atoms with E-state index in [2.05, 4.69) is 4.72 Å². The smallest absolute Gasteiger partial charge is 0.261 e. The van der Waals surface area contributed by atoms with E-state index in [1.807, 2.05) is 13.8 Å². The zero-order valence-corrected chi connectivity index (χ0v) is 17.4. The minimum atomic E-state index is -3.78. The molecule has 1 aromatic heterocycles. The summed E-state index contributed by atoms with van der Waals surface area (Å²) in [6, 6.07) is 9.41. The molecule has 3 aromatic rings. The molecular formula is C21H20ClNO4S. The van der Waals surface area contributed by atoms with Crippen LogP contribution in [0.15, 0.2) is 45.7 Å². The first-order chi connectivity index (χ1) is 13.1. The van der Waals surface area contributed by atoms with E-state index < -0.39 is 10.0 Å². The molecule has 0 spiro atoms. The summed E-state index contributed by atoms with van der Waals surface area (Å²) in [5.41, 5.74) is 2.15. The molecule has 0 unspecified atom stereocenters. The van der Waals surface area contributed by atoms with Crippen LogP contribution in [0.3, 0.4) is 0 Å². The highest BCUT2D eigenvalue weighted by Gasteiger charge is 2.35. The van der Waals surface area contributed by atoms with E-state index in [1.54, 1.807) is 19.1 Å². The fourth-order valence-electron chi connectivity index (χ4n) is 3.67. The van der Waals surface area contributed by atoms with Crippen LogP contribution in [0.25, 0.3) is 11.0 Å². The second-order valence-electron chi connectivity index (χ2n) is 8.06. The van der Waals surface area contributed by atoms with Crippen molar-refractivity contribution in [3.05, 3.63) is 58.3 Å². The predicted octanol–water partition coefficient (Wildman–Crippen LogP) is 5.35. The van der Waals surface area contributed by atoms with Crippen LogP contribution in [-0.4, -0.2) is 14.2 Å². The molecule has 1 aliphatic carbocycles. The van der Waals surface area contributed by atoms with Crippen molar-refractivity contribution in [3.63, 3.8) is 0 Å². The third kappa shape index (κ3) is 3.31. The molecule has 5 nitrogen and oxygen atoms in total. The van der Waals surface area contributed by atoms with E-state index in [4.69, 9.17) is 16.0 Å². The Labute approximate surface area is 168 Å². The first kappa shape index (κ1) is 19.0. The standard InChI is InChI=1S/C21H20ClNO4S/c1-12-8-18-15(20-17(24)10-21(2,3)11-19(20)27-18)9-16(12)23-28(25,26)14-6-4-13(22)5-7-14/h4-9,23H,10-11H2,1-3H3. The highest BCUT2D eigenvalue weighted by atomic mass is 35.5. The Kier molecular flexibility index (Phi) is 4.32. The summed E-state index contributed by atoms with van der Waals surface area (Å²) in [7, 11) is -3.78. The number of carbonyl (C=O) groups is 1. The van der Waals surface area contributed by atoms with E-state index in [0.29, 0.717) is 51.4 Å². The van der Waals surface area contributed by atoms with Gasteiger partial charge in [0, 0.05) is 23.3 Å². The van der Waals surface area contributed by atoms with Gasteiger partial charge in [0.1, 0.15) is 11.3 Å². The van der Waals surface area contributed by atoms with Crippen molar-refractivity contribution < 1.29 is 17.6 Å². The Morgan fingerprint density at radius 1 is 1.11 bits per heavy atom. The van der Waals surface area contributed by atoms with Crippen LogP contribution >= 0.6 is 11.6 Å². The average Bonchev–Trinajstić information content (AvgIpc) is 2.91. The molecule has 0 saturated heterocycles. The lowest BCUT2D eigenvalue weighted by Crippen LogP contribution is -2.25. The molecule has 1 N–H and O–H groups in total. The molecule has 146 valence electrons. The summed E-state index contributed by atoms with van der Waals surface area (Å²) < 4.78 is 34.0. The third-order valence-electron chi connectivity index (χ3n) is 5.03. The van der Waals surface area contributed by atoms with Crippen LogP contribution in [0, 0.1) is 12.3 Å². The molecule has 4 rings (SSSR count). The van der Waals surface area contributed by atoms with Crippen molar-refractivity contribution in [3.8, 4) is 0 Å². The average molecular weight is 418 g/mol. The van der Waals surface area contributed by atoms with Gasteiger partial charge in [-0.25, -0.2) is 8.42 Å². The second kappa shape index (κ2) is 6.36. The number of nitrogens with one attached hydrogen (secondary N) is 1. The molecule has 1 heterocycles. The Morgan fingerprint density at radius 2 is 1.79 bits per heavy atom. The molecule has 28 heavy (non-hydrogen) atoms. The first-order valence-corrected chi connectivity index (χ1v) is 10.8. The number of rotatable bonds is 3. The van der Waals surface area contributed by atoms with Crippen molar-refractivity contribution >= 4 is 44.1 Å². The summed E-state index contributed by atoms with van der Waals surface area (Å²) in [5.74, 6) is 0.703. The number of fused-ring (bicyclic) bond motifs is 3. The van der Waals surface area contributed by atoms with E-state index in [9.17, 15) is 13.2 Å². The summed E-state index contributed by atoms with van der Waals surface area (Å²) in [4.78, 5) is 12.8. The Balaban J connectivity index is 1.79. The van der Waals surface area contributed by atoms with E-state index in [-0.39, 0.29) is 16.1 Å². The number of hydrogen-bond donors (Lipinski definition) is 1. The lowest BCUT2D eigenvalue weighted by Gasteiger charge is -2.27. The number of benzene rings is 2. The van der Waals surface area contributed by atoms with Gasteiger partial charge in [-0.05, 0) is 54.3 Å². The fourth-order valence-corrected chi connectivity index (χ4v) is 4.92. The van der Waals surface area contributed by atoms with E-state index >= 15 is 0 Å². The van der Waals surface area contributed by atoms with Crippen LogP contribution in [0.1, 0.15) is 41.9 Å². The minimum Gasteiger partial charge on any atom is -0.460 e. The van der Waals surface area contributed by atoms with Gasteiger partial charge in [-0.2, -0.15) is 0 Å². The maximum Gasteiger partial charge on any atom is 0.261 e. The molecule has 1 aliphatic rings. The van der Waals surface area contributed by atoms with Gasteiger partial charge in [0.15, 0.2) is 5.78 Å². The lowest BCUT2D eigenvalue weighted by atomic mass is 9.76. The van der Waals surface area contributed by atoms with Crippen molar-refractivity contribution in [1.29, 1.82) is 0 Å². The molecular weight excluding hydrogens is 398 g/mol. The molecule has 0 amide bonds. The fraction of sp³-hybridized carbons (Fsp3) is 0.286. The first-order valence-electron chi connectivity index (χ1n) is 8.93. The molecule has 0 aliphatic heterocycles. The zero-order chi connectivity index (χ0) is 20.3. The quantitative estimate of drug-likeness (QED) is 0.623. The number of Topliss-reactive ketones (excluding diaryl/α,β-unsaturated/α-hetero) is 1. The monoisotopic (exact) mass is 417 g/mol. The number of halogens is 1. The van der Waals surface area contributed by atoms with Gasteiger partial charge in [0.2, 0.25) is 0 Å². The van der Waals surface area contributed by atoms with Gasteiger partial charge in [-0.1, -0.05) is 25.4 Å². The van der Waals surface area contributed by atoms with Crippen molar-refractivity contribution in [2.75, 3.05) is 4.72 Å². The van der Waals surface area contributed by atoms with Gasteiger partial charge in [-0.15, -0.1) is 0 Å². The van der Waals surface area contributed by atoms with Crippen LogP contribution in [-0.2, 0) is 16.4 Å². The number of aryl methyl sites for hydroxylation is 1. The summed E-state index contributed by atoms with van der Waals surface area (Å²) in [5, 5.41) is 1.11. The van der Waals surface area contributed by atoms with Gasteiger partial charge < -0.3 is 4.42 Å². The number of anilines is 1. The highest BCUT2D eigenvalue weighted by molar-refractivity contribution is 7.92. The molecule has 2 aromatic carbocycles. The Morgan fingerprint density at radius 3 is 2.46 bits per heavy atom. The SMILES string of the molecule is Cc1cc2oc3c(c2cc1NS(=O)(=O)c1ccc(Cl)cc1)C(=O)CC(C)(C)C3. The molecule has 0 bridgehead atoms. The van der Waals surface area contributed by atoms with Crippen LogP contribution in [0.2, 0.25) is 5.02 Å². The number of ketones is 1. The highest BCUT2D eigenvalue weighted by Crippen LogP contribution is 2.41. The van der Waals surface area contributed by atoms with Crippen LogP contribution in [0.5, 0.6) is 0 Å². The topological polar surface area (TPSA) is 76.4 Å². The summed E-state index contributed by atoms with van der Waals surface area (Å²) >= 11 is 5.84. The summed E-state index contributed by atoms with van der Waals surface area (Å²) in [6.45, 7) is 5.88.